The van der Waals surface area contributed by atoms with E-state index in [4.69, 9.17) is 4.74 Å². The van der Waals surface area contributed by atoms with E-state index in [2.05, 4.69) is 46.3 Å². The Morgan fingerprint density at radius 1 is 1.00 bits per heavy atom. The first-order valence-electron chi connectivity index (χ1n) is 9.01. The molecule has 3 heterocycles. The lowest BCUT2D eigenvalue weighted by Gasteiger charge is -2.13. The topological polar surface area (TPSA) is 50.8 Å². The minimum Gasteiger partial charge on any atom is -0.491 e. The number of nitrogens with one attached hydrogen (secondary N) is 1. The summed E-state index contributed by atoms with van der Waals surface area (Å²) in [6.07, 6.45) is 13.3. The van der Waals surface area contributed by atoms with Crippen molar-refractivity contribution in [1.29, 1.82) is 0 Å². The summed E-state index contributed by atoms with van der Waals surface area (Å²) < 4.78 is 6.01. The number of H-pyrrole nitrogens is 1. The third-order valence-electron chi connectivity index (χ3n) is 4.56. The van der Waals surface area contributed by atoms with Crippen molar-refractivity contribution < 1.29 is 4.74 Å². The summed E-state index contributed by atoms with van der Waals surface area (Å²) in [6.45, 7) is 2.78. The van der Waals surface area contributed by atoms with E-state index in [1.807, 2.05) is 42.6 Å². The molecule has 4 rings (SSSR count). The summed E-state index contributed by atoms with van der Waals surface area (Å²) in [5.74, 6) is 1.05. The lowest BCUT2D eigenvalue weighted by molar-refractivity contribution is 0.295. The highest BCUT2D eigenvalue weighted by molar-refractivity contribution is 5.83. The molecule has 4 heteroatoms. The van der Waals surface area contributed by atoms with Gasteiger partial charge in [-0.2, -0.15) is 0 Å². The Balaban J connectivity index is 1.43. The fourth-order valence-electron chi connectivity index (χ4n) is 3.09. The van der Waals surface area contributed by atoms with Crippen LogP contribution in [0, 0.1) is 0 Å². The lowest BCUT2D eigenvalue weighted by atomic mass is 10.0. The van der Waals surface area contributed by atoms with Gasteiger partial charge in [-0.15, -0.1) is 0 Å². The molecule has 134 valence electrons. The molecule has 4 aromatic rings. The maximum atomic E-state index is 6.01. The molecule has 3 aromatic heterocycles. The van der Waals surface area contributed by atoms with E-state index in [9.17, 15) is 0 Å². The number of aromatic nitrogens is 3. The van der Waals surface area contributed by atoms with Crippen LogP contribution in [-0.4, -0.2) is 21.6 Å². The monoisotopic (exact) mass is 355 g/mol. The minimum absolute atomic E-state index is 0.275. The normalized spacial score (nSPS) is 12.5. The Bertz CT molecular complexity index is 1050. The number of hydrogen-bond donors (Lipinski definition) is 1. The van der Waals surface area contributed by atoms with Crippen molar-refractivity contribution >= 4 is 23.1 Å². The third kappa shape index (κ3) is 4.06. The van der Waals surface area contributed by atoms with Crippen molar-refractivity contribution in [3.8, 4) is 5.75 Å². The summed E-state index contributed by atoms with van der Waals surface area (Å²) in [4.78, 5) is 11.6. The van der Waals surface area contributed by atoms with Crippen LogP contribution in [0.5, 0.6) is 5.75 Å². The third-order valence-corrected chi connectivity index (χ3v) is 4.56. The lowest BCUT2D eigenvalue weighted by Crippen LogP contribution is -2.07. The van der Waals surface area contributed by atoms with Gasteiger partial charge in [0.2, 0.25) is 0 Å². The molecule has 0 aliphatic carbocycles. The largest absolute Gasteiger partial charge is 0.491 e. The molecule has 1 atom stereocenters. The maximum absolute atomic E-state index is 6.01. The average molecular weight is 355 g/mol. The molecule has 0 spiro atoms. The molecule has 0 bridgehead atoms. The van der Waals surface area contributed by atoms with Gasteiger partial charge in [0.25, 0.3) is 0 Å². The summed E-state index contributed by atoms with van der Waals surface area (Å²) in [7, 11) is 0. The first kappa shape index (κ1) is 17.0. The van der Waals surface area contributed by atoms with Gasteiger partial charge in [0, 0.05) is 41.6 Å². The van der Waals surface area contributed by atoms with Gasteiger partial charge in [-0.25, -0.2) is 0 Å². The van der Waals surface area contributed by atoms with E-state index in [-0.39, 0.29) is 5.92 Å². The quantitative estimate of drug-likeness (QED) is 0.510. The van der Waals surface area contributed by atoms with Gasteiger partial charge in [-0.1, -0.05) is 37.3 Å². The average Bonchev–Trinajstić information content (AvgIpc) is 3.16. The van der Waals surface area contributed by atoms with E-state index in [0.717, 1.165) is 22.4 Å². The van der Waals surface area contributed by atoms with Crippen LogP contribution in [0.4, 0.5) is 0 Å². The Morgan fingerprint density at radius 2 is 1.81 bits per heavy atom. The van der Waals surface area contributed by atoms with E-state index in [0.29, 0.717) is 6.61 Å². The van der Waals surface area contributed by atoms with Gasteiger partial charge >= 0.3 is 0 Å². The molecule has 0 amide bonds. The zero-order chi connectivity index (χ0) is 18.5. The van der Waals surface area contributed by atoms with Gasteiger partial charge in [-0.05, 0) is 41.0 Å². The molecule has 0 saturated heterocycles. The number of rotatable bonds is 6. The van der Waals surface area contributed by atoms with E-state index < -0.39 is 0 Å². The zero-order valence-corrected chi connectivity index (χ0v) is 15.2. The van der Waals surface area contributed by atoms with Crippen LogP contribution in [0.1, 0.15) is 29.5 Å². The van der Waals surface area contributed by atoms with Crippen LogP contribution in [0.15, 0.2) is 73.4 Å². The molecular weight excluding hydrogens is 334 g/mol. The van der Waals surface area contributed by atoms with Crippen molar-refractivity contribution in [1.82, 2.24) is 15.0 Å². The number of aromatic amines is 1. The fraction of sp³-hybridized carbons (Fsp3) is 0.130. The predicted molar refractivity (Wildman–Crippen MR) is 110 cm³/mol. The zero-order valence-electron chi connectivity index (χ0n) is 15.2. The van der Waals surface area contributed by atoms with Gasteiger partial charge in [0.15, 0.2) is 0 Å². The van der Waals surface area contributed by atoms with Gasteiger partial charge in [0.1, 0.15) is 5.75 Å². The standard InChI is InChI=1S/C23H21N3O/c1-17(22-15-26-23-5-3-2-4-21(22)23)16-27-20-12-19(13-25-14-20)7-6-18-8-10-24-11-9-18/h2-15,17,26H,16H2,1H3/b7-6+. The molecule has 1 unspecified atom stereocenters. The Kier molecular flexibility index (Phi) is 4.97. The Labute approximate surface area is 158 Å². The van der Waals surface area contributed by atoms with Crippen molar-refractivity contribution in [2.45, 2.75) is 12.8 Å². The number of benzene rings is 1. The molecule has 1 N–H and O–H groups in total. The second-order valence-corrected chi connectivity index (χ2v) is 6.57. The van der Waals surface area contributed by atoms with Gasteiger partial charge in [0.05, 0.1) is 12.8 Å². The summed E-state index contributed by atoms with van der Waals surface area (Å²) in [6, 6.07) is 14.3. The van der Waals surface area contributed by atoms with Crippen LogP contribution in [0.2, 0.25) is 0 Å². The number of nitrogens with zero attached hydrogens (tertiary/aromatic N) is 2. The van der Waals surface area contributed by atoms with Crippen LogP contribution in [0.25, 0.3) is 23.1 Å². The molecular formula is C23H21N3O. The van der Waals surface area contributed by atoms with E-state index in [1.165, 1.54) is 10.9 Å². The SMILES string of the molecule is CC(COc1cncc(/C=C/c2ccncc2)c1)c1c[nH]c2ccccc12. The highest BCUT2D eigenvalue weighted by Crippen LogP contribution is 2.26. The first-order chi connectivity index (χ1) is 13.3. The van der Waals surface area contributed by atoms with Crippen molar-refractivity contribution in [2.75, 3.05) is 6.61 Å². The summed E-state index contributed by atoms with van der Waals surface area (Å²) in [5, 5.41) is 1.25. The molecule has 4 nitrogen and oxygen atoms in total. The molecule has 1 aromatic carbocycles. The molecule has 0 saturated carbocycles. The van der Waals surface area contributed by atoms with Crippen LogP contribution in [0.3, 0.4) is 0 Å². The van der Waals surface area contributed by atoms with Gasteiger partial charge in [-0.3, -0.25) is 9.97 Å². The summed E-state index contributed by atoms with van der Waals surface area (Å²) >= 11 is 0. The van der Waals surface area contributed by atoms with E-state index >= 15 is 0 Å². The minimum atomic E-state index is 0.275. The fourth-order valence-corrected chi connectivity index (χ4v) is 3.09. The maximum Gasteiger partial charge on any atom is 0.138 e. The van der Waals surface area contributed by atoms with Crippen molar-refractivity contribution in [3.63, 3.8) is 0 Å². The Hall–Kier alpha value is -3.40. The van der Waals surface area contributed by atoms with Crippen LogP contribution < -0.4 is 4.74 Å². The van der Waals surface area contributed by atoms with Crippen molar-refractivity contribution in [3.05, 3.63) is 90.1 Å². The number of para-hydroxylation sites is 1. The van der Waals surface area contributed by atoms with Crippen LogP contribution >= 0.6 is 0 Å². The first-order valence-corrected chi connectivity index (χ1v) is 9.01. The second-order valence-electron chi connectivity index (χ2n) is 6.57. The number of fused-ring (bicyclic) bond motifs is 1. The van der Waals surface area contributed by atoms with Gasteiger partial charge < -0.3 is 9.72 Å². The predicted octanol–water partition coefficient (Wildman–Crippen LogP) is 5.31. The number of ether oxygens (including phenoxy) is 1. The van der Waals surface area contributed by atoms with Crippen LogP contribution in [-0.2, 0) is 0 Å². The number of hydrogen-bond acceptors (Lipinski definition) is 3. The smallest absolute Gasteiger partial charge is 0.138 e. The molecule has 0 aliphatic heterocycles. The highest BCUT2D eigenvalue weighted by atomic mass is 16.5. The Morgan fingerprint density at radius 3 is 2.70 bits per heavy atom. The van der Waals surface area contributed by atoms with E-state index in [1.54, 1.807) is 18.6 Å². The summed E-state index contributed by atoms with van der Waals surface area (Å²) in [5.41, 5.74) is 4.53. The van der Waals surface area contributed by atoms with Crippen molar-refractivity contribution in [2.24, 2.45) is 0 Å². The molecule has 27 heavy (non-hydrogen) atoms. The molecule has 0 aliphatic rings. The number of pyridine rings is 2. The highest BCUT2D eigenvalue weighted by Gasteiger charge is 2.12. The molecule has 0 radical (unpaired) electrons. The second kappa shape index (κ2) is 7.87. The molecule has 0 fully saturated rings.